The molecule has 0 saturated heterocycles. The lowest BCUT2D eigenvalue weighted by atomic mass is 10.2. The van der Waals surface area contributed by atoms with E-state index < -0.39 is 0 Å². The third-order valence-corrected chi connectivity index (χ3v) is 3.83. The third kappa shape index (κ3) is 2.80. The first-order valence-corrected chi connectivity index (χ1v) is 7.65. The van der Waals surface area contributed by atoms with E-state index in [2.05, 4.69) is 26.5 Å². The van der Waals surface area contributed by atoms with Gasteiger partial charge in [-0.1, -0.05) is 24.3 Å². The molecular weight excluding hydrogens is 290 g/mol. The molecule has 23 heavy (non-hydrogen) atoms. The van der Waals surface area contributed by atoms with Crippen LogP contribution >= 0.6 is 0 Å². The number of anilines is 1. The Morgan fingerprint density at radius 2 is 2.09 bits per heavy atom. The fourth-order valence-electron chi connectivity index (χ4n) is 2.67. The Morgan fingerprint density at radius 3 is 2.91 bits per heavy atom. The number of para-hydroxylation sites is 1. The van der Waals surface area contributed by atoms with Gasteiger partial charge in [-0.05, 0) is 24.1 Å². The van der Waals surface area contributed by atoms with Crippen LogP contribution < -0.4 is 5.32 Å². The summed E-state index contributed by atoms with van der Waals surface area (Å²) in [5.74, 6) is 0.795. The first kappa shape index (κ1) is 13.9. The summed E-state index contributed by atoms with van der Waals surface area (Å²) in [7, 11) is 0. The van der Waals surface area contributed by atoms with Crippen LogP contribution in [-0.2, 0) is 4.74 Å². The minimum Gasteiger partial charge on any atom is -0.377 e. The molecule has 6 nitrogen and oxygen atoms in total. The number of benzene rings is 1. The minimum absolute atomic E-state index is 0.685. The van der Waals surface area contributed by atoms with Crippen molar-refractivity contribution in [1.82, 2.24) is 19.7 Å². The van der Waals surface area contributed by atoms with Crippen molar-refractivity contribution in [2.24, 2.45) is 0 Å². The molecule has 0 saturated carbocycles. The number of rotatable bonds is 4. The molecular formula is C17H17N5O. The van der Waals surface area contributed by atoms with Gasteiger partial charge in [-0.25, -0.2) is 14.6 Å². The smallest absolute Gasteiger partial charge is 0.168 e. The average Bonchev–Trinajstić information content (AvgIpc) is 3.06. The zero-order valence-electron chi connectivity index (χ0n) is 12.6. The van der Waals surface area contributed by atoms with Crippen molar-refractivity contribution in [2.45, 2.75) is 6.42 Å². The van der Waals surface area contributed by atoms with Gasteiger partial charge >= 0.3 is 0 Å². The molecule has 0 aliphatic carbocycles. The molecule has 1 aliphatic heterocycles. The van der Waals surface area contributed by atoms with Crippen LogP contribution in [0.15, 0.2) is 54.5 Å². The second-order valence-electron chi connectivity index (χ2n) is 5.41. The Balaban J connectivity index is 1.64. The molecule has 1 N–H and O–H groups in total. The summed E-state index contributed by atoms with van der Waals surface area (Å²) < 4.78 is 7.29. The summed E-state index contributed by atoms with van der Waals surface area (Å²) in [5.41, 5.74) is 3.02. The first-order chi connectivity index (χ1) is 11.4. The maximum atomic E-state index is 5.46. The molecule has 0 fully saturated rings. The largest absolute Gasteiger partial charge is 0.377 e. The Morgan fingerprint density at radius 1 is 1.17 bits per heavy atom. The lowest BCUT2D eigenvalue weighted by Gasteiger charge is -2.14. The molecule has 116 valence electrons. The van der Waals surface area contributed by atoms with E-state index in [0.717, 1.165) is 42.1 Å². The number of ether oxygens (including phenoxy) is 1. The van der Waals surface area contributed by atoms with Gasteiger partial charge in [0.15, 0.2) is 5.65 Å². The van der Waals surface area contributed by atoms with Gasteiger partial charge in [0.2, 0.25) is 0 Å². The lowest BCUT2D eigenvalue weighted by molar-refractivity contribution is 0.150. The van der Waals surface area contributed by atoms with Crippen LogP contribution in [0.1, 0.15) is 6.42 Å². The maximum absolute atomic E-state index is 5.46. The Bertz CT molecular complexity index is 841. The van der Waals surface area contributed by atoms with Crippen molar-refractivity contribution in [1.29, 1.82) is 0 Å². The van der Waals surface area contributed by atoms with Crippen molar-refractivity contribution >= 4 is 16.9 Å². The lowest BCUT2D eigenvalue weighted by Crippen LogP contribution is -2.14. The van der Waals surface area contributed by atoms with Crippen LogP contribution in [-0.4, -0.2) is 39.5 Å². The van der Waals surface area contributed by atoms with Crippen LogP contribution in [0.25, 0.3) is 16.7 Å². The number of aromatic nitrogens is 4. The highest BCUT2D eigenvalue weighted by atomic mass is 16.5. The number of nitrogens with one attached hydrogen (secondary N) is 1. The molecule has 2 aromatic heterocycles. The van der Waals surface area contributed by atoms with Crippen molar-refractivity contribution in [3.05, 3.63) is 54.5 Å². The number of nitrogens with zero attached hydrogens (tertiary/aromatic N) is 4. The summed E-state index contributed by atoms with van der Waals surface area (Å²) in [4.78, 5) is 8.74. The summed E-state index contributed by atoms with van der Waals surface area (Å²) in [5, 5.41) is 8.74. The zero-order chi connectivity index (χ0) is 15.5. The van der Waals surface area contributed by atoms with E-state index in [0.29, 0.717) is 6.61 Å². The topological polar surface area (TPSA) is 64.9 Å². The predicted octanol–water partition coefficient (Wildman–Crippen LogP) is 2.57. The van der Waals surface area contributed by atoms with E-state index in [1.807, 2.05) is 35.0 Å². The standard InChI is InChI=1S/C17H17N5O/c1-2-6-14(7-3-1)22-17-15(10-21-22)16(19-12-20-17)18-9-13-5-4-8-23-11-13/h1-3,5-7,10,12H,4,8-9,11H2,(H,18,19,20). The van der Waals surface area contributed by atoms with Gasteiger partial charge in [0.05, 0.1) is 30.5 Å². The highest BCUT2D eigenvalue weighted by Crippen LogP contribution is 2.21. The van der Waals surface area contributed by atoms with Crippen LogP contribution in [0.2, 0.25) is 0 Å². The van der Waals surface area contributed by atoms with Crippen molar-refractivity contribution in [2.75, 3.05) is 25.1 Å². The van der Waals surface area contributed by atoms with E-state index in [1.54, 1.807) is 12.5 Å². The second-order valence-corrected chi connectivity index (χ2v) is 5.41. The Hall–Kier alpha value is -2.73. The van der Waals surface area contributed by atoms with Crippen LogP contribution in [0.5, 0.6) is 0 Å². The molecule has 0 bridgehead atoms. The number of hydrogen-bond donors (Lipinski definition) is 1. The molecule has 0 spiro atoms. The summed E-state index contributed by atoms with van der Waals surface area (Å²) >= 11 is 0. The average molecular weight is 307 g/mol. The quantitative estimate of drug-likeness (QED) is 0.751. The molecule has 3 heterocycles. The maximum Gasteiger partial charge on any atom is 0.168 e. The Kier molecular flexibility index (Phi) is 3.73. The monoisotopic (exact) mass is 307 g/mol. The van der Waals surface area contributed by atoms with Crippen molar-refractivity contribution < 1.29 is 4.74 Å². The minimum atomic E-state index is 0.685. The summed E-state index contributed by atoms with van der Waals surface area (Å²) in [6.07, 6.45) is 6.57. The second kappa shape index (κ2) is 6.18. The SMILES string of the molecule is C1=C(CNc2ncnc3c2cnn3-c2ccccc2)COCC1. The molecule has 0 radical (unpaired) electrons. The van der Waals surface area contributed by atoms with Gasteiger partial charge in [-0.3, -0.25) is 0 Å². The molecule has 6 heteroatoms. The molecule has 0 atom stereocenters. The van der Waals surface area contributed by atoms with E-state index in [1.165, 1.54) is 5.57 Å². The van der Waals surface area contributed by atoms with E-state index in [4.69, 9.17) is 4.74 Å². The number of hydrogen-bond acceptors (Lipinski definition) is 5. The van der Waals surface area contributed by atoms with Gasteiger partial charge < -0.3 is 10.1 Å². The highest BCUT2D eigenvalue weighted by Gasteiger charge is 2.11. The van der Waals surface area contributed by atoms with Crippen molar-refractivity contribution in [3.63, 3.8) is 0 Å². The van der Waals surface area contributed by atoms with Crippen molar-refractivity contribution in [3.8, 4) is 5.69 Å². The number of fused-ring (bicyclic) bond motifs is 1. The third-order valence-electron chi connectivity index (χ3n) is 3.83. The molecule has 0 unspecified atom stereocenters. The molecule has 0 amide bonds. The normalized spacial score (nSPS) is 14.7. The van der Waals surface area contributed by atoms with E-state index in [-0.39, 0.29) is 0 Å². The predicted molar refractivity (Wildman–Crippen MR) is 88.7 cm³/mol. The van der Waals surface area contributed by atoms with Gasteiger partial charge in [0, 0.05) is 6.54 Å². The van der Waals surface area contributed by atoms with E-state index >= 15 is 0 Å². The van der Waals surface area contributed by atoms with Gasteiger partial charge in [-0.2, -0.15) is 5.10 Å². The fraction of sp³-hybridized carbons (Fsp3) is 0.235. The molecule has 3 aromatic rings. The molecule has 4 rings (SSSR count). The highest BCUT2D eigenvalue weighted by molar-refractivity contribution is 5.87. The Labute approximate surface area is 133 Å². The summed E-state index contributed by atoms with van der Waals surface area (Å²) in [6.45, 7) is 2.22. The summed E-state index contributed by atoms with van der Waals surface area (Å²) in [6, 6.07) is 9.96. The fourth-order valence-corrected chi connectivity index (χ4v) is 2.67. The molecule has 1 aliphatic rings. The van der Waals surface area contributed by atoms with E-state index in [9.17, 15) is 0 Å². The van der Waals surface area contributed by atoms with Gasteiger partial charge in [-0.15, -0.1) is 0 Å². The van der Waals surface area contributed by atoms with Crippen LogP contribution in [0.4, 0.5) is 5.82 Å². The van der Waals surface area contributed by atoms with Crippen LogP contribution in [0, 0.1) is 0 Å². The van der Waals surface area contributed by atoms with Gasteiger partial charge in [0.1, 0.15) is 12.1 Å². The molecule has 1 aromatic carbocycles. The van der Waals surface area contributed by atoms with Gasteiger partial charge in [0.25, 0.3) is 0 Å². The first-order valence-electron chi connectivity index (χ1n) is 7.65. The zero-order valence-corrected chi connectivity index (χ0v) is 12.6. The van der Waals surface area contributed by atoms with Crippen LogP contribution in [0.3, 0.4) is 0 Å².